The summed E-state index contributed by atoms with van der Waals surface area (Å²) >= 11 is 4.69. The maximum Gasteiger partial charge on any atom is 0.342 e. The number of carboxylic acids is 1. The molecule has 3 aromatic carbocycles. The zero-order chi connectivity index (χ0) is 23.7. The van der Waals surface area contributed by atoms with Crippen LogP contribution in [0.4, 0.5) is 24.5 Å². The molecule has 0 fully saturated rings. The predicted molar refractivity (Wildman–Crippen MR) is 120 cm³/mol. The van der Waals surface area contributed by atoms with Gasteiger partial charge in [0.05, 0.1) is 11.3 Å². The Bertz CT molecular complexity index is 1080. The van der Waals surface area contributed by atoms with Crippen molar-refractivity contribution < 1.29 is 33.0 Å². The van der Waals surface area contributed by atoms with Crippen molar-refractivity contribution in [1.29, 1.82) is 0 Å². The Labute approximate surface area is 193 Å². The molecule has 168 valence electrons. The average Bonchev–Trinajstić information content (AvgIpc) is 2.74. The van der Waals surface area contributed by atoms with Crippen LogP contribution >= 0.6 is 27.9 Å². The number of rotatable bonds is 6. The highest BCUT2D eigenvalue weighted by Crippen LogP contribution is 2.30. The molecule has 11 heteroatoms. The Morgan fingerprint density at radius 2 is 1.62 bits per heavy atom. The summed E-state index contributed by atoms with van der Waals surface area (Å²) in [5.74, 6) is -1.87. The van der Waals surface area contributed by atoms with Gasteiger partial charge in [0.25, 0.3) is 5.91 Å². The molecule has 0 radical (unpaired) electrons. The number of amides is 1. The van der Waals surface area contributed by atoms with Gasteiger partial charge in [-0.05, 0) is 82.5 Å². The van der Waals surface area contributed by atoms with Gasteiger partial charge in [-0.15, -0.1) is 0 Å². The molecule has 1 amide bonds. The number of anilines is 2. The highest BCUT2D eigenvalue weighted by atomic mass is 79.9. The van der Waals surface area contributed by atoms with Gasteiger partial charge in [0.15, 0.2) is 0 Å². The fourth-order valence-electron chi connectivity index (χ4n) is 2.33. The SMILES string of the molecule is O=C(Nc1ccccc1C(=O)O)c1ccc(Br)c(SNc2ccc(F)cc2)c1.OC(F)F. The number of alkyl halides is 2. The first-order valence-corrected chi connectivity index (χ1v) is 10.4. The van der Waals surface area contributed by atoms with Gasteiger partial charge in [0.2, 0.25) is 0 Å². The van der Waals surface area contributed by atoms with E-state index in [2.05, 4.69) is 26.0 Å². The fraction of sp³-hybridized carbons (Fsp3) is 0.0476. The quantitative estimate of drug-likeness (QED) is 0.299. The normalized spacial score (nSPS) is 10.2. The van der Waals surface area contributed by atoms with Crippen molar-refractivity contribution in [3.8, 4) is 0 Å². The number of aliphatic hydroxyl groups is 1. The molecule has 3 rings (SSSR count). The maximum absolute atomic E-state index is 13.0. The Hall–Kier alpha value is -3.02. The van der Waals surface area contributed by atoms with Crippen LogP contribution in [-0.4, -0.2) is 28.7 Å². The average molecular weight is 529 g/mol. The van der Waals surface area contributed by atoms with Crippen LogP contribution in [0, 0.1) is 5.82 Å². The number of halogens is 4. The number of carbonyl (C=O) groups excluding carboxylic acids is 1. The molecule has 0 heterocycles. The molecule has 0 saturated heterocycles. The lowest BCUT2D eigenvalue weighted by Gasteiger charge is -2.11. The Balaban J connectivity index is 0.000000837. The number of nitrogens with one attached hydrogen (secondary N) is 2. The number of carbonyl (C=O) groups is 2. The summed E-state index contributed by atoms with van der Waals surface area (Å²) < 4.78 is 36.6. The van der Waals surface area contributed by atoms with E-state index < -0.39 is 18.5 Å². The molecule has 3 aromatic rings. The summed E-state index contributed by atoms with van der Waals surface area (Å²) in [6.45, 7) is -3.17. The molecule has 0 aromatic heterocycles. The van der Waals surface area contributed by atoms with E-state index in [0.29, 0.717) is 11.3 Å². The number of benzene rings is 3. The van der Waals surface area contributed by atoms with Gasteiger partial charge in [-0.3, -0.25) is 4.79 Å². The van der Waals surface area contributed by atoms with Crippen molar-refractivity contribution >= 4 is 51.1 Å². The third kappa shape index (κ3) is 7.91. The fourth-order valence-corrected chi connectivity index (χ4v) is 3.53. The molecular formula is C21H16BrF3N2O4S. The van der Waals surface area contributed by atoms with Gasteiger partial charge in [-0.1, -0.05) is 12.1 Å². The lowest BCUT2D eigenvalue weighted by atomic mass is 10.1. The van der Waals surface area contributed by atoms with Gasteiger partial charge < -0.3 is 20.3 Å². The van der Waals surface area contributed by atoms with Crippen LogP contribution in [0.15, 0.2) is 76.1 Å². The Morgan fingerprint density at radius 1 is 1.00 bits per heavy atom. The van der Waals surface area contributed by atoms with E-state index in [1.807, 2.05) is 0 Å². The zero-order valence-electron chi connectivity index (χ0n) is 16.1. The minimum Gasteiger partial charge on any atom is -0.478 e. The minimum absolute atomic E-state index is 0.0144. The zero-order valence-corrected chi connectivity index (χ0v) is 18.5. The van der Waals surface area contributed by atoms with Crippen LogP contribution in [0.25, 0.3) is 0 Å². The van der Waals surface area contributed by atoms with Crippen molar-refractivity contribution in [2.75, 3.05) is 10.0 Å². The summed E-state index contributed by atoms with van der Waals surface area (Å²) in [5.41, 5.74) is 1.32. The molecule has 6 nitrogen and oxygen atoms in total. The predicted octanol–water partition coefficient (Wildman–Crippen LogP) is 5.86. The van der Waals surface area contributed by atoms with Crippen LogP contribution in [0.1, 0.15) is 20.7 Å². The topological polar surface area (TPSA) is 98.7 Å². The van der Waals surface area contributed by atoms with Crippen LogP contribution in [0.5, 0.6) is 0 Å². The molecule has 0 spiro atoms. The van der Waals surface area contributed by atoms with Crippen molar-refractivity contribution in [3.05, 3.63) is 88.1 Å². The third-order valence-electron chi connectivity index (χ3n) is 3.72. The molecule has 0 bridgehead atoms. The molecule has 0 saturated carbocycles. The third-order valence-corrected chi connectivity index (χ3v) is 5.57. The first-order valence-electron chi connectivity index (χ1n) is 8.75. The van der Waals surface area contributed by atoms with Crippen molar-refractivity contribution in [1.82, 2.24) is 0 Å². The molecule has 0 aliphatic carbocycles. The summed E-state index contributed by atoms with van der Waals surface area (Å²) in [4.78, 5) is 24.6. The molecule has 0 atom stereocenters. The van der Waals surface area contributed by atoms with E-state index in [-0.39, 0.29) is 17.1 Å². The summed E-state index contributed by atoms with van der Waals surface area (Å²) in [6, 6.07) is 17.1. The lowest BCUT2D eigenvalue weighted by Crippen LogP contribution is -2.14. The van der Waals surface area contributed by atoms with Crippen molar-refractivity contribution in [2.45, 2.75) is 11.5 Å². The molecule has 0 unspecified atom stereocenters. The van der Waals surface area contributed by atoms with Crippen LogP contribution in [0.2, 0.25) is 0 Å². The lowest BCUT2D eigenvalue weighted by molar-refractivity contribution is -0.0728. The molecule has 4 N–H and O–H groups in total. The number of carboxylic acid groups (broad SMARTS) is 1. The van der Waals surface area contributed by atoms with E-state index in [1.165, 1.54) is 36.2 Å². The second-order valence-electron chi connectivity index (χ2n) is 5.94. The van der Waals surface area contributed by atoms with Gasteiger partial charge in [-0.25, -0.2) is 9.18 Å². The largest absolute Gasteiger partial charge is 0.478 e. The van der Waals surface area contributed by atoms with E-state index in [9.17, 15) is 27.9 Å². The number of para-hydroxylation sites is 1. The monoisotopic (exact) mass is 528 g/mol. The van der Waals surface area contributed by atoms with Crippen molar-refractivity contribution in [3.63, 3.8) is 0 Å². The van der Waals surface area contributed by atoms with Gasteiger partial charge >= 0.3 is 12.6 Å². The highest BCUT2D eigenvalue weighted by molar-refractivity contribution is 9.10. The maximum atomic E-state index is 13.0. The Kier molecular flexibility index (Phi) is 9.57. The second kappa shape index (κ2) is 12.1. The standard InChI is InChI=1S/C20H14BrFN2O3S.CH2F2O/c21-16-10-5-12(11-18(16)28-24-14-8-6-13(22)7-9-14)19(25)23-17-4-2-1-3-15(17)20(26)27;2-1(3)4/h1-11,24H,(H,23,25)(H,26,27);1,4H. The van der Waals surface area contributed by atoms with E-state index in [0.717, 1.165) is 9.37 Å². The Morgan fingerprint density at radius 3 is 2.25 bits per heavy atom. The minimum atomic E-state index is -3.17. The van der Waals surface area contributed by atoms with Gasteiger partial charge in [-0.2, -0.15) is 8.78 Å². The van der Waals surface area contributed by atoms with E-state index >= 15 is 0 Å². The van der Waals surface area contributed by atoms with E-state index in [4.69, 9.17) is 5.11 Å². The molecule has 0 aliphatic rings. The molecule has 0 aliphatic heterocycles. The molecule has 32 heavy (non-hydrogen) atoms. The number of hydrogen-bond acceptors (Lipinski definition) is 5. The summed E-state index contributed by atoms with van der Waals surface area (Å²) in [5, 5.41) is 18.6. The summed E-state index contributed by atoms with van der Waals surface area (Å²) in [7, 11) is 0. The smallest absolute Gasteiger partial charge is 0.342 e. The number of aliphatic hydroxyl groups excluding tert-OH is 1. The second-order valence-corrected chi connectivity index (χ2v) is 7.64. The van der Waals surface area contributed by atoms with Gasteiger partial charge in [0.1, 0.15) is 5.82 Å². The van der Waals surface area contributed by atoms with Crippen LogP contribution < -0.4 is 10.0 Å². The molecular weight excluding hydrogens is 513 g/mol. The number of hydrogen-bond donors (Lipinski definition) is 4. The van der Waals surface area contributed by atoms with E-state index in [1.54, 1.807) is 42.5 Å². The first-order chi connectivity index (χ1) is 15.2. The summed E-state index contributed by atoms with van der Waals surface area (Å²) in [6.07, 6.45) is 0. The van der Waals surface area contributed by atoms with Crippen LogP contribution in [-0.2, 0) is 0 Å². The van der Waals surface area contributed by atoms with Gasteiger partial charge in [0, 0.05) is 20.6 Å². The highest BCUT2D eigenvalue weighted by Gasteiger charge is 2.14. The van der Waals surface area contributed by atoms with Crippen LogP contribution in [0.3, 0.4) is 0 Å². The van der Waals surface area contributed by atoms with Crippen molar-refractivity contribution in [2.24, 2.45) is 0 Å². The first kappa shape index (κ1) is 25.2. The number of aromatic carboxylic acids is 1.